The molecule has 2 rings (SSSR count). The molecule has 1 saturated carbocycles. The van der Waals surface area contributed by atoms with E-state index in [2.05, 4.69) is 32.9 Å². The van der Waals surface area contributed by atoms with Gasteiger partial charge in [-0.05, 0) is 37.0 Å². The van der Waals surface area contributed by atoms with E-state index in [0.29, 0.717) is 31.3 Å². The monoisotopic (exact) mass is 290 g/mol. The minimum atomic E-state index is 0.187. The van der Waals surface area contributed by atoms with E-state index in [0.717, 1.165) is 30.8 Å². The molecule has 1 aromatic rings. The predicted molar refractivity (Wildman–Crippen MR) is 84.2 cm³/mol. The number of hydrogen-bond donors (Lipinski definition) is 0. The molecule has 0 bridgehead atoms. The molecule has 0 radical (unpaired) electrons. The standard InChI is InChI=1S/C18H26O3/c1-4-9-20-17-8-7-13(11-18(17)21-10-5-2)15-12-16(19)14(15)6-3/h7-8,11,14-15H,4-6,9-10,12H2,1-3H3. The maximum absolute atomic E-state index is 11.7. The number of rotatable bonds is 8. The third kappa shape index (κ3) is 3.58. The lowest BCUT2D eigenvalue weighted by Crippen LogP contribution is -2.34. The normalized spacial score (nSPS) is 21.0. The minimum absolute atomic E-state index is 0.187. The summed E-state index contributed by atoms with van der Waals surface area (Å²) in [5, 5.41) is 0. The van der Waals surface area contributed by atoms with Gasteiger partial charge in [-0.15, -0.1) is 0 Å². The minimum Gasteiger partial charge on any atom is -0.490 e. The van der Waals surface area contributed by atoms with Crippen molar-refractivity contribution in [2.75, 3.05) is 13.2 Å². The molecule has 0 aromatic heterocycles. The van der Waals surface area contributed by atoms with Crippen molar-refractivity contribution in [3.05, 3.63) is 23.8 Å². The lowest BCUT2D eigenvalue weighted by Gasteiger charge is -2.35. The fourth-order valence-electron chi connectivity index (χ4n) is 2.85. The van der Waals surface area contributed by atoms with Crippen LogP contribution in [-0.2, 0) is 4.79 Å². The number of hydrogen-bond acceptors (Lipinski definition) is 3. The molecule has 3 nitrogen and oxygen atoms in total. The maximum Gasteiger partial charge on any atom is 0.161 e. The third-order valence-electron chi connectivity index (χ3n) is 4.08. The highest BCUT2D eigenvalue weighted by Crippen LogP contribution is 2.43. The fraction of sp³-hybridized carbons (Fsp3) is 0.611. The molecule has 0 spiro atoms. The van der Waals surface area contributed by atoms with Gasteiger partial charge in [-0.2, -0.15) is 0 Å². The van der Waals surface area contributed by atoms with Crippen LogP contribution in [0.15, 0.2) is 18.2 Å². The van der Waals surface area contributed by atoms with Crippen molar-refractivity contribution >= 4 is 5.78 Å². The molecule has 0 aliphatic heterocycles. The van der Waals surface area contributed by atoms with Crippen molar-refractivity contribution in [3.8, 4) is 11.5 Å². The number of ether oxygens (including phenoxy) is 2. The molecular formula is C18H26O3. The van der Waals surface area contributed by atoms with E-state index in [4.69, 9.17) is 9.47 Å². The molecule has 1 aliphatic rings. The number of Topliss-reactive ketones (excluding diaryl/α,β-unsaturated/α-hetero) is 1. The summed E-state index contributed by atoms with van der Waals surface area (Å²) in [6, 6.07) is 6.15. The highest BCUT2D eigenvalue weighted by atomic mass is 16.5. The van der Waals surface area contributed by atoms with Gasteiger partial charge in [-0.1, -0.05) is 26.8 Å². The average molecular weight is 290 g/mol. The molecule has 116 valence electrons. The van der Waals surface area contributed by atoms with Crippen LogP contribution in [0.3, 0.4) is 0 Å². The van der Waals surface area contributed by atoms with Gasteiger partial charge in [0, 0.05) is 18.3 Å². The van der Waals surface area contributed by atoms with Gasteiger partial charge < -0.3 is 9.47 Å². The quantitative estimate of drug-likeness (QED) is 0.714. The first kappa shape index (κ1) is 15.9. The van der Waals surface area contributed by atoms with E-state index >= 15 is 0 Å². The van der Waals surface area contributed by atoms with Crippen LogP contribution in [0.4, 0.5) is 0 Å². The molecular weight excluding hydrogens is 264 g/mol. The zero-order chi connectivity index (χ0) is 15.2. The summed E-state index contributed by atoms with van der Waals surface area (Å²) in [6.07, 6.45) is 3.53. The van der Waals surface area contributed by atoms with Crippen LogP contribution in [0.2, 0.25) is 0 Å². The Morgan fingerprint density at radius 3 is 2.29 bits per heavy atom. The summed E-state index contributed by atoms with van der Waals surface area (Å²) in [4.78, 5) is 11.7. The van der Waals surface area contributed by atoms with Gasteiger partial charge in [0.05, 0.1) is 13.2 Å². The number of benzene rings is 1. The molecule has 21 heavy (non-hydrogen) atoms. The van der Waals surface area contributed by atoms with Gasteiger partial charge in [0.1, 0.15) is 5.78 Å². The van der Waals surface area contributed by atoms with Crippen molar-refractivity contribution in [1.82, 2.24) is 0 Å². The van der Waals surface area contributed by atoms with Crippen LogP contribution in [-0.4, -0.2) is 19.0 Å². The van der Waals surface area contributed by atoms with E-state index in [1.54, 1.807) is 0 Å². The highest BCUT2D eigenvalue weighted by molar-refractivity contribution is 5.89. The smallest absolute Gasteiger partial charge is 0.161 e. The van der Waals surface area contributed by atoms with E-state index in [1.807, 2.05) is 6.07 Å². The Bertz CT molecular complexity index is 481. The SMILES string of the molecule is CCCOc1ccc(C2CC(=O)C2CC)cc1OCCC. The van der Waals surface area contributed by atoms with Crippen LogP contribution < -0.4 is 9.47 Å². The Kier molecular flexibility index (Phi) is 5.66. The average Bonchev–Trinajstić information content (AvgIpc) is 2.49. The molecule has 1 fully saturated rings. The third-order valence-corrected chi connectivity index (χ3v) is 4.08. The zero-order valence-corrected chi connectivity index (χ0v) is 13.4. The molecule has 1 aromatic carbocycles. The molecule has 1 aliphatic carbocycles. The van der Waals surface area contributed by atoms with Gasteiger partial charge in [-0.25, -0.2) is 0 Å². The molecule has 0 N–H and O–H groups in total. The molecule has 2 unspecified atom stereocenters. The number of carbonyl (C=O) groups excluding carboxylic acids is 1. The topological polar surface area (TPSA) is 35.5 Å². The lowest BCUT2D eigenvalue weighted by atomic mass is 9.68. The Labute approximate surface area is 127 Å². The summed E-state index contributed by atoms with van der Waals surface area (Å²) in [6.45, 7) is 7.65. The summed E-state index contributed by atoms with van der Waals surface area (Å²) in [7, 11) is 0. The Balaban J connectivity index is 2.17. The van der Waals surface area contributed by atoms with Crippen LogP contribution in [0.1, 0.15) is 57.9 Å². The van der Waals surface area contributed by atoms with Gasteiger partial charge in [0.25, 0.3) is 0 Å². The first-order chi connectivity index (χ1) is 10.2. The number of ketones is 1. The van der Waals surface area contributed by atoms with Crippen molar-refractivity contribution in [2.45, 2.75) is 52.4 Å². The van der Waals surface area contributed by atoms with Gasteiger partial charge in [0.15, 0.2) is 11.5 Å². The fourth-order valence-corrected chi connectivity index (χ4v) is 2.85. The second-order valence-corrected chi connectivity index (χ2v) is 5.69. The lowest BCUT2D eigenvalue weighted by molar-refractivity contribution is -0.131. The molecule has 3 heteroatoms. The highest BCUT2D eigenvalue weighted by Gasteiger charge is 2.39. The van der Waals surface area contributed by atoms with E-state index in [-0.39, 0.29) is 5.92 Å². The van der Waals surface area contributed by atoms with Gasteiger partial charge >= 0.3 is 0 Å². The van der Waals surface area contributed by atoms with Crippen LogP contribution in [0, 0.1) is 5.92 Å². The summed E-state index contributed by atoms with van der Waals surface area (Å²) in [5.74, 6) is 2.56. The molecule has 2 atom stereocenters. The Hall–Kier alpha value is -1.51. The van der Waals surface area contributed by atoms with Crippen molar-refractivity contribution < 1.29 is 14.3 Å². The predicted octanol–water partition coefficient (Wildman–Crippen LogP) is 4.35. The summed E-state index contributed by atoms with van der Waals surface area (Å²) < 4.78 is 11.6. The van der Waals surface area contributed by atoms with Crippen molar-refractivity contribution in [3.63, 3.8) is 0 Å². The Morgan fingerprint density at radius 2 is 1.71 bits per heavy atom. The number of carbonyl (C=O) groups is 1. The summed E-state index contributed by atoms with van der Waals surface area (Å²) in [5.41, 5.74) is 1.21. The van der Waals surface area contributed by atoms with Crippen molar-refractivity contribution in [1.29, 1.82) is 0 Å². The van der Waals surface area contributed by atoms with Crippen molar-refractivity contribution in [2.24, 2.45) is 5.92 Å². The second kappa shape index (κ2) is 7.48. The molecule has 0 saturated heterocycles. The van der Waals surface area contributed by atoms with E-state index in [9.17, 15) is 4.79 Å². The van der Waals surface area contributed by atoms with Crippen LogP contribution in [0.5, 0.6) is 11.5 Å². The van der Waals surface area contributed by atoms with E-state index < -0.39 is 0 Å². The molecule has 0 heterocycles. The molecule has 0 amide bonds. The van der Waals surface area contributed by atoms with Gasteiger partial charge in [0.2, 0.25) is 0 Å². The second-order valence-electron chi connectivity index (χ2n) is 5.69. The maximum atomic E-state index is 11.7. The van der Waals surface area contributed by atoms with Crippen LogP contribution in [0.25, 0.3) is 0 Å². The van der Waals surface area contributed by atoms with Crippen LogP contribution >= 0.6 is 0 Å². The summed E-state index contributed by atoms with van der Waals surface area (Å²) >= 11 is 0. The van der Waals surface area contributed by atoms with Gasteiger partial charge in [-0.3, -0.25) is 4.79 Å². The first-order valence-electron chi connectivity index (χ1n) is 8.13. The largest absolute Gasteiger partial charge is 0.490 e. The van der Waals surface area contributed by atoms with E-state index in [1.165, 1.54) is 5.56 Å². The first-order valence-corrected chi connectivity index (χ1v) is 8.13. The Morgan fingerprint density at radius 1 is 1.05 bits per heavy atom. The zero-order valence-electron chi connectivity index (χ0n) is 13.4.